The highest BCUT2D eigenvalue weighted by atomic mass is 19.1. The maximum Gasteiger partial charge on any atom is 0.251 e. The Kier molecular flexibility index (Phi) is 7.05. The Bertz CT molecular complexity index is 827. The van der Waals surface area contributed by atoms with Crippen molar-refractivity contribution in [3.8, 4) is 0 Å². The van der Waals surface area contributed by atoms with Crippen molar-refractivity contribution in [2.75, 3.05) is 44.7 Å². The average molecular weight is 397 g/mol. The molecule has 2 aromatic rings. The van der Waals surface area contributed by atoms with Crippen LogP contribution in [0, 0.1) is 5.82 Å². The van der Waals surface area contributed by atoms with Gasteiger partial charge in [-0.25, -0.2) is 4.39 Å². The second-order valence-corrected chi connectivity index (χ2v) is 6.91. The average Bonchev–Trinajstić information content (AvgIpc) is 2.76. The van der Waals surface area contributed by atoms with Crippen LogP contribution < -0.4 is 15.5 Å². The van der Waals surface area contributed by atoms with Crippen molar-refractivity contribution in [3.05, 3.63) is 65.5 Å². The Labute approximate surface area is 171 Å². The van der Waals surface area contributed by atoms with Gasteiger partial charge in [-0.2, -0.15) is 0 Å². The highest BCUT2D eigenvalue weighted by Gasteiger charge is 2.19. The smallest absolute Gasteiger partial charge is 0.251 e. The first kappa shape index (κ1) is 20.6. The molecule has 0 atom stereocenters. The third-order valence-electron chi connectivity index (χ3n) is 4.99. The molecule has 2 N–H and O–H groups in total. The number of hydrogen-bond donors (Lipinski definition) is 2. The van der Waals surface area contributed by atoms with Crippen LogP contribution in [0.3, 0.4) is 0 Å². The summed E-state index contributed by atoms with van der Waals surface area (Å²) in [6, 6.07) is 14.2. The fraction of sp³-hybridized carbons (Fsp3) is 0.364. The Balaban J connectivity index is 1.51. The van der Waals surface area contributed by atoms with Crippen LogP contribution in [0.25, 0.3) is 0 Å². The van der Waals surface area contributed by atoms with Crippen LogP contribution in [0.5, 0.6) is 0 Å². The molecule has 1 fully saturated rings. The molecule has 1 aliphatic rings. The van der Waals surface area contributed by atoms with E-state index in [9.17, 15) is 9.18 Å². The first-order chi connectivity index (χ1) is 14.1. The molecule has 1 aliphatic heterocycles. The van der Waals surface area contributed by atoms with Crippen LogP contribution in [0.4, 0.5) is 10.1 Å². The van der Waals surface area contributed by atoms with Gasteiger partial charge >= 0.3 is 0 Å². The topological polar surface area (TPSA) is 60.0 Å². The Morgan fingerprint density at radius 2 is 1.66 bits per heavy atom. The number of hydrogen-bond acceptors (Lipinski definition) is 3. The zero-order valence-corrected chi connectivity index (χ0v) is 17.0. The molecule has 3 rings (SSSR count). The molecule has 29 heavy (non-hydrogen) atoms. The predicted molar refractivity (Wildman–Crippen MR) is 115 cm³/mol. The van der Waals surface area contributed by atoms with Crippen molar-refractivity contribution in [3.63, 3.8) is 0 Å². The number of anilines is 1. The van der Waals surface area contributed by atoms with Crippen molar-refractivity contribution in [1.82, 2.24) is 15.5 Å². The van der Waals surface area contributed by atoms with Gasteiger partial charge in [0, 0.05) is 57.6 Å². The summed E-state index contributed by atoms with van der Waals surface area (Å²) in [6.07, 6.45) is 0. The summed E-state index contributed by atoms with van der Waals surface area (Å²) in [5, 5.41) is 6.20. The molecule has 0 spiro atoms. The van der Waals surface area contributed by atoms with Gasteiger partial charge in [0.2, 0.25) is 0 Å². The van der Waals surface area contributed by atoms with E-state index in [2.05, 4.69) is 25.4 Å². The summed E-state index contributed by atoms with van der Waals surface area (Å²) in [7, 11) is 1.78. The van der Waals surface area contributed by atoms with Gasteiger partial charge in [-0.3, -0.25) is 9.79 Å². The maximum atomic E-state index is 13.1. The fourth-order valence-corrected chi connectivity index (χ4v) is 3.38. The van der Waals surface area contributed by atoms with E-state index in [1.54, 1.807) is 7.05 Å². The molecule has 1 heterocycles. The number of aliphatic imine (C=N–C) groups is 1. The fourth-order valence-electron chi connectivity index (χ4n) is 3.38. The zero-order valence-electron chi connectivity index (χ0n) is 17.0. The van der Waals surface area contributed by atoms with E-state index in [4.69, 9.17) is 0 Å². The lowest BCUT2D eigenvalue weighted by molar-refractivity contribution is 0.0956. The summed E-state index contributed by atoms with van der Waals surface area (Å²) in [5.41, 5.74) is 2.79. The number of amides is 1. The van der Waals surface area contributed by atoms with Gasteiger partial charge in [-0.15, -0.1) is 0 Å². The molecular weight excluding hydrogens is 369 g/mol. The number of piperazine rings is 1. The molecule has 0 unspecified atom stereocenters. The number of rotatable bonds is 5. The van der Waals surface area contributed by atoms with E-state index in [-0.39, 0.29) is 11.7 Å². The van der Waals surface area contributed by atoms with Crippen LogP contribution in [-0.4, -0.2) is 56.5 Å². The molecule has 154 valence electrons. The summed E-state index contributed by atoms with van der Waals surface area (Å²) in [4.78, 5) is 20.7. The van der Waals surface area contributed by atoms with Crippen LogP contribution in [0.2, 0.25) is 0 Å². The van der Waals surface area contributed by atoms with E-state index in [1.807, 2.05) is 43.3 Å². The van der Waals surface area contributed by atoms with E-state index < -0.39 is 0 Å². The van der Waals surface area contributed by atoms with Crippen molar-refractivity contribution < 1.29 is 9.18 Å². The molecule has 1 amide bonds. The molecule has 2 aromatic carbocycles. The maximum absolute atomic E-state index is 13.1. The van der Waals surface area contributed by atoms with E-state index in [1.165, 1.54) is 12.1 Å². The molecule has 0 saturated carbocycles. The SMILES string of the molecule is CCNC(=O)c1ccc(CNC(=NC)N2CCN(c3ccc(F)cc3)CC2)cc1. The normalized spacial score (nSPS) is 14.7. The molecule has 0 bridgehead atoms. The van der Waals surface area contributed by atoms with E-state index in [0.717, 1.165) is 43.4 Å². The number of carbonyl (C=O) groups is 1. The van der Waals surface area contributed by atoms with Crippen molar-refractivity contribution in [1.29, 1.82) is 0 Å². The van der Waals surface area contributed by atoms with Crippen LogP contribution in [0.15, 0.2) is 53.5 Å². The number of nitrogens with zero attached hydrogens (tertiary/aromatic N) is 3. The minimum atomic E-state index is -0.212. The summed E-state index contributed by atoms with van der Waals surface area (Å²) in [5.74, 6) is 0.592. The van der Waals surface area contributed by atoms with E-state index >= 15 is 0 Å². The number of carbonyl (C=O) groups excluding carboxylic acids is 1. The minimum Gasteiger partial charge on any atom is -0.368 e. The molecular formula is C22H28FN5O. The summed E-state index contributed by atoms with van der Waals surface area (Å²) in [6.45, 7) is 6.55. The number of benzene rings is 2. The lowest BCUT2D eigenvalue weighted by Crippen LogP contribution is -2.52. The van der Waals surface area contributed by atoms with Crippen molar-refractivity contribution in [2.45, 2.75) is 13.5 Å². The first-order valence-corrected chi connectivity index (χ1v) is 9.94. The van der Waals surface area contributed by atoms with Gasteiger partial charge in [0.15, 0.2) is 5.96 Å². The van der Waals surface area contributed by atoms with Gasteiger partial charge in [-0.05, 0) is 48.9 Å². The summed E-state index contributed by atoms with van der Waals surface area (Å²) >= 11 is 0. The quantitative estimate of drug-likeness (QED) is 0.601. The van der Waals surface area contributed by atoms with Gasteiger partial charge in [0.1, 0.15) is 5.82 Å². The highest BCUT2D eigenvalue weighted by Crippen LogP contribution is 2.17. The Hall–Kier alpha value is -3.09. The Morgan fingerprint density at radius 1 is 1.00 bits per heavy atom. The number of nitrogens with one attached hydrogen (secondary N) is 2. The summed E-state index contributed by atoms with van der Waals surface area (Å²) < 4.78 is 13.1. The number of halogens is 1. The molecule has 6 nitrogen and oxygen atoms in total. The van der Waals surface area contributed by atoms with Crippen LogP contribution in [-0.2, 0) is 6.54 Å². The second kappa shape index (κ2) is 9.91. The molecule has 7 heteroatoms. The monoisotopic (exact) mass is 397 g/mol. The van der Waals surface area contributed by atoms with Gasteiger partial charge < -0.3 is 20.4 Å². The zero-order chi connectivity index (χ0) is 20.6. The lowest BCUT2D eigenvalue weighted by atomic mass is 10.1. The first-order valence-electron chi connectivity index (χ1n) is 9.94. The van der Waals surface area contributed by atoms with Crippen molar-refractivity contribution in [2.24, 2.45) is 4.99 Å². The molecule has 0 aromatic heterocycles. The third kappa shape index (κ3) is 5.47. The highest BCUT2D eigenvalue weighted by molar-refractivity contribution is 5.94. The van der Waals surface area contributed by atoms with Crippen molar-refractivity contribution >= 4 is 17.6 Å². The lowest BCUT2D eigenvalue weighted by Gasteiger charge is -2.37. The molecule has 0 aliphatic carbocycles. The van der Waals surface area contributed by atoms with Crippen LogP contribution in [0.1, 0.15) is 22.8 Å². The number of guanidine groups is 1. The van der Waals surface area contributed by atoms with Gasteiger partial charge in [-0.1, -0.05) is 12.1 Å². The third-order valence-corrected chi connectivity index (χ3v) is 4.99. The van der Waals surface area contributed by atoms with Gasteiger partial charge in [0.05, 0.1) is 0 Å². The molecule has 0 radical (unpaired) electrons. The minimum absolute atomic E-state index is 0.0538. The van der Waals surface area contributed by atoms with E-state index in [0.29, 0.717) is 18.7 Å². The predicted octanol–water partition coefficient (Wildman–Crippen LogP) is 2.47. The largest absolute Gasteiger partial charge is 0.368 e. The van der Waals surface area contributed by atoms with Crippen LogP contribution >= 0.6 is 0 Å². The Morgan fingerprint density at radius 3 is 2.24 bits per heavy atom. The molecule has 1 saturated heterocycles. The standard InChI is InChI=1S/C22H28FN5O/c1-3-25-21(29)18-6-4-17(5-7-18)16-26-22(24-2)28-14-12-27(13-15-28)20-10-8-19(23)9-11-20/h4-11H,3,12-16H2,1-2H3,(H,24,26)(H,25,29). The van der Waals surface area contributed by atoms with Gasteiger partial charge in [0.25, 0.3) is 5.91 Å². The second-order valence-electron chi connectivity index (χ2n) is 6.91.